The van der Waals surface area contributed by atoms with Crippen LogP contribution in [0.1, 0.15) is 134 Å². The van der Waals surface area contributed by atoms with Crippen molar-refractivity contribution in [3.05, 3.63) is 135 Å². The van der Waals surface area contributed by atoms with Gasteiger partial charge < -0.3 is 42.6 Å². The van der Waals surface area contributed by atoms with Crippen molar-refractivity contribution in [1.29, 1.82) is 0 Å². The highest BCUT2D eigenvalue weighted by Crippen LogP contribution is 2.65. The minimum absolute atomic E-state index is 0.155. The summed E-state index contributed by atoms with van der Waals surface area (Å²) in [6.07, 6.45) is 17.9. The molecule has 12 aliphatic carbocycles. The van der Waals surface area contributed by atoms with E-state index in [0.717, 1.165) is 167 Å². The highest BCUT2D eigenvalue weighted by molar-refractivity contribution is 14.1. The lowest BCUT2D eigenvalue weighted by atomic mass is 9.50. The van der Waals surface area contributed by atoms with E-state index in [-0.39, 0.29) is 57.5 Å². The van der Waals surface area contributed by atoms with Gasteiger partial charge in [0.2, 0.25) is 0 Å². The van der Waals surface area contributed by atoms with E-state index in [1.165, 1.54) is 29.1 Å². The molecule has 0 spiro atoms. The Labute approximate surface area is 653 Å². The van der Waals surface area contributed by atoms with E-state index in [9.17, 15) is 14.4 Å². The molecular weight excluding hydrogens is 1920 g/mol. The van der Waals surface area contributed by atoms with E-state index >= 15 is 0 Å². The number of carbonyl (C=O) groups excluding carboxylic acids is 3. The molecule has 0 radical (unpaired) electrons. The highest BCUT2D eigenvalue weighted by Gasteiger charge is 2.60. The summed E-state index contributed by atoms with van der Waals surface area (Å²) in [7, 11) is -1.05. The monoisotopic (exact) mass is 2000 g/mol. The number of rotatable bonds is 22. The molecule has 13 aliphatic rings. The number of esters is 3. The fourth-order valence-corrected chi connectivity index (χ4v) is 29.3. The predicted octanol–water partition coefficient (Wildman–Crippen LogP) is 19.9. The first kappa shape index (κ1) is 68.7. The summed E-state index contributed by atoms with van der Waals surface area (Å²) in [4.78, 5) is 44.7. The van der Waals surface area contributed by atoms with E-state index in [1.54, 1.807) is 0 Å². The summed E-state index contributed by atoms with van der Waals surface area (Å²) < 4.78 is 64.5. The van der Waals surface area contributed by atoms with Gasteiger partial charge in [0.05, 0.1) is 10.7 Å². The minimum atomic E-state index is -1.05. The van der Waals surface area contributed by atoms with Crippen molar-refractivity contribution in [2.45, 2.75) is 168 Å². The lowest BCUT2D eigenvalue weighted by molar-refractivity contribution is -0.205. The van der Waals surface area contributed by atoms with Crippen LogP contribution in [0.5, 0.6) is 34.5 Å². The summed E-state index contributed by atoms with van der Waals surface area (Å²) in [5.74, 6) is 10.3. The Hall–Kier alpha value is -2.74. The van der Waals surface area contributed by atoms with Crippen molar-refractivity contribution in [2.75, 3.05) is 19.8 Å². The summed E-state index contributed by atoms with van der Waals surface area (Å²) in [5, 5.41) is 0. The molecule has 0 unspecified atom stereocenters. The third-order valence-electron chi connectivity index (χ3n) is 24.5. The van der Waals surface area contributed by atoms with Gasteiger partial charge >= 0.3 is 17.9 Å². The van der Waals surface area contributed by atoms with Crippen molar-refractivity contribution in [2.24, 2.45) is 71.0 Å². The van der Waals surface area contributed by atoms with Crippen LogP contribution in [-0.4, -0.2) is 54.5 Å². The number of halogens is 6. The molecule has 0 atom stereocenters. The van der Waals surface area contributed by atoms with Gasteiger partial charge in [-0.05, 0) is 437 Å². The zero-order valence-electron chi connectivity index (χ0n) is 54.6. The van der Waals surface area contributed by atoms with Gasteiger partial charge in [0.1, 0.15) is 71.1 Å². The van der Waals surface area contributed by atoms with Crippen molar-refractivity contribution < 1.29 is 57.0 Å². The van der Waals surface area contributed by atoms with Crippen LogP contribution >= 0.6 is 146 Å². The van der Waals surface area contributed by atoms with Crippen LogP contribution in [0.4, 0.5) is 0 Å². The van der Waals surface area contributed by atoms with Gasteiger partial charge in [-0.3, -0.25) is 0 Å². The quantitative estimate of drug-likeness (QED) is 0.0300. The van der Waals surface area contributed by atoms with E-state index in [4.69, 9.17) is 42.6 Å². The molecule has 1 heterocycles. The first-order valence-corrected chi connectivity index (χ1v) is 42.5. The maximum atomic E-state index is 13.8. The first-order chi connectivity index (χ1) is 46.7. The van der Waals surface area contributed by atoms with Gasteiger partial charge in [0, 0.05) is 37.2 Å². The van der Waals surface area contributed by atoms with Gasteiger partial charge in [-0.2, -0.15) is 10.9 Å². The maximum Gasteiger partial charge on any atom is 0.344 e. The topological polar surface area (TPSA) is 134 Å². The van der Waals surface area contributed by atoms with Crippen molar-refractivity contribution in [3.63, 3.8) is 0 Å². The number of thiol groups is 1. The Morgan fingerprint density at radius 3 is 0.938 bits per heavy atom. The predicted molar refractivity (Wildman–Crippen MR) is 422 cm³/mol. The van der Waals surface area contributed by atoms with Crippen LogP contribution in [0.2, 0.25) is 0 Å². The molecular formula is C78H80I6O12S. The molecule has 0 saturated heterocycles. The summed E-state index contributed by atoms with van der Waals surface area (Å²) >= 11 is 13.9. The Bertz CT molecular complexity index is 3840. The summed E-state index contributed by atoms with van der Waals surface area (Å²) in [6, 6.07) is 33.6. The van der Waals surface area contributed by atoms with Gasteiger partial charge in [0.15, 0.2) is 19.8 Å². The van der Waals surface area contributed by atoms with Crippen LogP contribution in [0.15, 0.2) is 112 Å². The van der Waals surface area contributed by atoms with Crippen LogP contribution in [0.25, 0.3) is 11.1 Å². The molecule has 6 aromatic carbocycles. The van der Waals surface area contributed by atoms with Gasteiger partial charge in [0.25, 0.3) is 0 Å². The van der Waals surface area contributed by atoms with Gasteiger partial charge in [-0.25, -0.2) is 14.4 Å². The van der Waals surface area contributed by atoms with Crippen molar-refractivity contribution in [1.82, 2.24) is 0 Å². The largest absolute Gasteiger partial charge is 0.489 e. The molecule has 6 aromatic rings. The number of benzene rings is 6. The molecule has 0 aromatic heterocycles. The molecule has 0 amide bonds. The average Bonchev–Trinajstić information content (AvgIpc) is 1.42. The van der Waals surface area contributed by atoms with Gasteiger partial charge in [-0.15, -0.1) is 0 Å². The summed E-state index contributed by atoms with van der Waals surface area (Å²) in [6.45, 7) is 6.71. The molecule has 12 nitrogen and oxygen atoms in total. The van der Waals surface area contributed by atoms with Gasteiger partial charge in [-0.1, -0.05) is 0 Å². The molecule has 19 rings (SSSR count). The lowest BCUT2D eigenvalue weighted by Crippen LogP contribution is -2.58. The zero-order valence-corrected chi connectivity index (χ0v) is 68.5. The third-order valence-corrected chi connectivity index (χ3v) is 31.4. The van der Waals surface area contributed by atoms with Crippen LogP contribution < -0.4 is 28.4 Å². The number of hydrogen-bond acceptors (Lipinski definition) is 12. The number of carbonyl (C=O) groups is 3. The van der Waals surface area contributed by atoms with Crippen molar-refractivity contribution in [3.8, 4) is 45.6 Å². The standard InChI is InChI=1S/C78H80I6O12S/c1-76(50-15-41-12-42(17-50)18-51(76)16-41)94-70(85)38-91-73-47(27-56(79)30-65(73)82)35-88-59-4-8-62(9-5-59)97-68-10-6-60(89-36-48-28-57(80)31-66(83)74(48)92-39-71(86)95-77(2)52-19-43-13-44(21-52)22-53(77)20-43)33-63(68)64-34-61(7-11-69(64)97)90-37-49-29-58(81)32-67(84)75(49)93-40-72(87)96-78(3)54-23-45-14-46(25-54)26-55(78)24-45/h4-11,27-34,41-46,50-55,97H,12-26,35-40H2,1-3H3. The van der Waals surface area contributed by atoms with E-state index in [1.807, 2.05) is 12.1 Å². The lowest BCUT2D eigenvalue weighted by Gasteiger charge is -2.59. The van der Waals surface area contributed by atoms with E-state index in [2.05, 4.69) is 241 Å². The van der Waals surface area contributed by atoms with Crippen LogP contribution in [0, 0.1) is 92.4 Å². The Balaban J connectivity index is 0.630. The van der Waals surface area contributed by atoms with Crippen molar-refractivity contribution >= 4 is 164 Å². The molecule has 12 fully saturated rings. The normalized spacial score (nSPS) is 31.9. The Morgan fingerprint density at radius 2 is 0.639 bits per heavy atom. The molecule has 1 aliphatic heterocycles. The molecule has 0 N–H and O–H groups in total. The molecule has 512 valence electrons. The zero-order chi connectivity index (χ0) is 66.8. The molecule has 97 heavy (non-hydrogen) atoms. The Morgan fingerprint density at radius 1 is 0.361 bits per heavy atom. The number of hydrogen-bond donors (Lipinski definition) is 1. The second-order valence-electron chi connectivity index (χ2n) is 30.4. The minimum Gasteiger partial charge on any atom is -0.489 e. The molecule has 19 heteroatoms. The molecule has 12 saturated carbocycles. The second kappa shape index (κ2) is 27.7. The highest BCUT2D eigenvalue weighted by atomic mass is 127. The fraction of sp³-hybridized carbons (Fsp3) is 0.500. The van der Waals surface area contributed by atoms with E-state index < -0.39 is 27.7 Å². The molecule has 12 bridgehead atoms. The van der Waals surface area contributed by atoms with E-state index in [0.29, 0.717) is 70.0 Å². The Kier molecular flexibility index (Phi) is 19.6. The number of fused-ring (bicyclic) bond motifs is 3. The van der Waals surface area contributed by atoms with Crippen LogP contribution in [0.3, 0.4) is 0 Å². The smallest absolute Gasteiger partial charge is 0.344 e. The maximum absolute atomic E-state index is 13.8. The van der Waals surface area contributed by atoms with Crippen LogP contribution in [-0.2, 0) is 48.4 Å². The number of ether oxygens (including phenoxy) is 9. The third kappa shape index (κ3) is 13.7. The SMILES string of the molecule is CC1(OC(=O)COc2c(I)cc(I)cc2COc2ccc([SH]3c4ccc(OCc5cc(I)cc(I)c5OCC(=O)OC5(C)C6CC7CC(C6)CC5C7)cc4-c4cc(OCc5cc(I)cc(I)c5OCC(=O)OC5(C)C6CC7CC(C6)CC5C7)ccc43)cc2)C2CC3CC(C2)CC1C3. The second-order valence-corrected chi connectivity index (χ2v) is 39.8. The fourth-order valence-electron chi connectivity index (χ4n) is 20.3. The summed E-state index contributed by atoms with van der Waals surface area (Å²) in [5.41, 5.74) is 3.35. The first-order valence-electron chi connectivity index (χ1n) is 34.7. The average molecular weight is 2000 g/mol.